The number of carbonyl (C=O) groups is 4. The molecule has 2 rings (SSSR count). The summed E-state index contributed by atoms with van der Waals surface area (Å²) in [5.74, 6) is -0.853. The summed E-state index contributed by atoms with van der Waals surface area (Å²) >= 11 is 0. The highest BCUT2D eigenvalue weighted by atomic mass is 16.7. The first-order valence-corrected chi connectivity index (χ1v) is 13.9. The molecule has 1 aromatic rings. The van der Waals surface area contributed by atoms with Crippen molar-refractivity contribution in [1.82, 2.24) is 25.0 Å². The molecule has 0 saturated carbocycles. The maximum absolute atomic E-state index is 11.9. The molecule has 2 unspecified atom stereocenters. The summed E-state index contributed by atoms with van der Waals surface area (Å²) in [5.41, 5.74) is 0.931. The second kappa shape index (κ2) is 20.6. The fraction of sp³-hybridized carbons (Fsp3) is 0.556. The molecule has 0 aromatic carbocycles. The molecule has 0 aliphatic carbocycles. The van der Waals surface area contributed by atoms with Crippen LogP contribution in [0.15, 0.2) is 35.5 Å². The largest absolute Gasteiger partial charge is 0.428 e. The zero-order valence-electron chi connectivity index (χ0n) is 26.6. The van der Waals surface area contributed by atoms with Crippen LogP contribution in [0, 0.1) is 22.6 Å². The SMILES string of the molecule is CCN(CC1CCOC1)/C(=N/[N+](=O)[O-])NC(=O)OC(C)OC(C)=O.[C-]#[N+]/C=C(\N(C)Cc1ccc[nH]1)N(C)C(=O)OCOC(C)=O. The van der Waals surface area contributed by atoms with Crippen LogP contribution in [0.2, 0.25) is 0 Å². The number of nitro groups is 1. The Morgan fingerprint density at radius 2 is 1.98 bits per heavy atom. The minimum absolute atomic E-state index is 0.194. The van der Waals surface area contributed by atoms with Crippen molar-refractivity contribution in [2.45, 2.75) is 47.0 Å². The molecular formula is C27H40N8O11. The average Bonchev–Trinajstić information content (AvgIpc) is 3.68. The van der Waals surface area contributed by atoms with Gasteiger partial charge >= 0.3 is 24.1 Å². The van der Waals surface area contributed by atoms with E-state index < -0.39 is 42.2 Å². The first kappa shape index (κ1) is 38.6. The summed E-state index contributed by atoms with van der Waals surface area (Å²) in [4.78, 5) is 66.5. The Morgan fingerprint density at radius 1 is 1.26 bits per heavy atom. The molecule has 19 nitrogen and oxygen atoms in total. The van der Waals surface area contributed by atoms with Crippen LogP contribution < -0.4 is 5.32 Å². The van der Waals surface area contributed by atoms with E-state index in [2.05, 4.69) is 29.7 Å². The van der Waals surface area contributed by atoms with Gasteiger partial charge in [0, 0.05) is 72.4 Å². The number of aromatic nitrogens is 1. The molecule has 1 aromatic heterocycles. The van der Waals surface area contributed by atoms with Gasteiger partial charge in [0.15, 0.2) is 11.2 Å². The van der Waals surface area contributed by atoms with Crippen molar-refractivity contribution in [2.24, 2.45) is 11.0 Å². The van der Waals surface area contributed by atoms with Crippen molar-refractivity contribution in [1.29, 1.82) is 0 Å². The van der Waals surface area contributed by atoms with E-state index in [-0.39, 0.29) is 11.9 Å². The van der Waals surface area contributed by atoms with Gasteiger partial charge in [-0.25, -0.2) is 24.5 Å². The molecule has 2 amide bonds. The van der Waals surface area contributed by atoms with Gasteiger partial charge < -0.3 is 38.5 Å². The Bertz CT molecular complexity index is 1260. The van der Waals surface area contributed by atoms with Crippen LogP contribution in [-0.4, -0.2) is 108 Å². The summed E-state index contributed by atoms with van der Waals surface area (Å²) in [6, 6.07) is 3.75. The van der Waals surface area contributed by atoms with Crippen molar-refractivity contribution in [3.05, 3.63) is 57.6 Å². The van der Waals surface area contributed by atoms with Gasteiger partial charge in [-0.15, -0.1) is 0 Å². The number of ether oxygens (including phenoxy) is 5. The quantitative estimate of drug-likeness (QED) is 0.0632. The van der Waals surface area contributed by atoms with Crippen LogP contribution in [-0.2, 0) is 39.8 Å². The van der Waals surface area contributed by atoms with Gasteiger partial charge in [0.25, 0.3) is 5.96 Å². The number of nitrogens with zero attached hydrogens (tertiary/aromatic N) is 6. The summed E-state index contributed by atoms with van der Waals surface area (Å²) in [7, 11) is 3.21. The highest BCUT2D eigenvalue weighted by Crippen LogP contribution is 2.15. The molecule has 0 spiro atoms. The van der Waals surface area contributed by atoms with Crippen molar-refractivity contribution < 1.29 is 47.9 Å². The summed E-state index contributed by atoms with van der Waals surface area (Å²) in [5, 5.41) is 15.2. The number of rotatable bonds is 12. The number of amides is 2. The minimum atomic E-state index is -1.13. The zero-order chi connectivity index (χ0) is 34.6. The van der Waals surface area contributed by atoms with Crippen LogP contribution in [0.25, 0.3) is 4.85 Å². The van der Waals surface area contributed by atoms with Crippen LogP contribution in [0.5, 0.6) is 0 Å². The number of hydrogen-bond donors (Lipinski definition) is 2. The third-order valence-corrected chi connectivity index (χ3v) is 5.88. The second-order valence-corrected chi connectivity index (χ2v) is 9.53. The molecule has 2 atom stereocenters. The van der Waals surface area contributed by atoms with E-state index in [1.807, 2.05) is 12.1 Å². The predicted molar refractivity (Wildman–Crippen MR) is 159 cm³/mol. The summed E-state index contributed by atoms with van der Waals surface area (Å²) in [6.07, 6.45) is 0.975. The maximum Gasteiger partial charge on any atom is 0.417 e. The number of hydrogen-bond acceptors (Lipinski definition) is 12. The smallest absolute Gasteiger partial charge is 0.417 e. The zero-order valence-corrected chi connectivity index (χ0v) is 26.6. The van der Waals surface area contributed by atoms with Gasteiger partial charge in [0.05, 0.1) is 19.7 Å². The third kappa shape index (κ3) is 15.4. The maximum atomic E-state index is 11.9. The lowest BCUT2D eigenvalue weighted by Crippen LogP contribution is -2.47. The molecule has 2 heterocycles. The minimum Gasteiger partial charge on any atom is -0.428 e. The average molecular weight is 653 g/mol. The Morgan fingerprint density at radius 3 is 2.50 bits per heavy atom. The van der Waals surface area contributed by atoms with E-state index in [1.54, 1.807) is 30.0 Å². The van der Waals surface area contributed by atoms with E-state index in [9.17, 15) is 29.3 Å². The van der Waals surface area contributed by atoms with Crippen molar-refractivity contribution >= 4 is 30.1 Å². The fourth-order valence-electron chi connectivity index (χ4n) is 3.83. The second-order valence-electron chi connectivity index (χ2n) is 9.53. The predicted octanol–water partition coefficient (Wildman–Crippen LogP) is 2.28. The fourth-order valence-corrected chi connectivity index (χ4v) is 3.83. The van der Waals surface area contributed by atoms with E-state index in [1.165, 1.54) is 38.9 Å². The van der Waals surface area contributed by atoms with Crippen molar-refractivity contribution in [3.8, 4) is 0 Å². The highest BCUT2D eigenvalue weighted by molar-refractivity contribution is 5.93. The van der Waals surface area contributed by atoms with E-state index in [0.717, 1.165) is 12.1 Å². The van der Waals surface area contributed by atoms with Crippen molar-refractivity contribution in [3.63, 3.8) is 0 Å². The number of nitrogens with one attached hydrogen (secondary N) is 2. The molecule has 1 fully saturated rings. The number of hydrazone groups is 1. The number of alkyl carbamates (subject to hydrolysis) is 1. The molecule has 1 saturated heterocycles. The molecule has 254 valence electrons. The van der Waals surface area contributed by atoms with Crippen LogP contribution in [0.3, 0.4) is 0 Å². The standard InChI is InChI=1S/C14H18N4O4.C13H22N4O7/c1-11(19)21-10-22-14(20)18(4)13(8-15-2)17(3)9-12-6-5-7-16-12;1-4-16(7-11-5-6-22-8-11)12(15-17(20)21)14-13(19)24-10(3)23-9(2)18/h5-8,16H,9-10H2,1,3-4H3;10-11H,4-8H2,1-3H3,(H,14,15,19)/b13-8+;. The first-order valence-electron chi connectivity index (χ1n) is 13.9. The summed E-state index contributed by atoms with van der Waals surface area (Å²) < 4.78 is 24.0. The lowest BCUT2D eigenvalue weighted by molar-refractivity contribution is -0.485. The lowest BCUT2D eigenvalue weighted by atomic mass is 10.1. The highest BCUT2D eigenvalue weighted by Gasteiger charge is 2.25. The molecular weight excluding hydrogens is 612 g/mol. The molecule has 2 N–H and O–H groups in total. The Kier molecular flexibility index (Phi) is 17.3. The van der Waals surface area contributed by atoms with Gasteiger partial charge in [-0.1, -0.05) is 0 Å². The number of H-pyrrole nitrogens is 1. The number of esters is 2. The third-order valence-electron chi connectivity index (χ3n) is 5.88. The molecule has 0 radical (unpaired) electrons. The van der Waals surface area contributed by atoms with Gasteiger partial charge in [0.1, 0.15) is 10.9 Å². The van der Waals surface area contributed by atoms with Gasteiger partial charge in [-0.05, 0) is 25.5 Å². The monoisotopic (exact) mass is 652 g/mol. The van der Waals surface area contributed by atoms with E-state index >= 15 is 0 Å². The van der Waals surface area contributed by atoms with Crippen LogP contribution in [0.4, 0.5) is 9.59 Å². The van der Waals surface area contributed by atoms with Gasteiger partial charge in [-0.2, -0.15) is 0 Å². The van der Waals surface area contributed by atoms with Gasteiger partial charge in [0.2, 0.25) is 13.1 Å². The Balaban J connectivity index is 0.000000462. The van der Waals surface area contributed by atoms with Crippen molar-refractivity contribution in [2.75, 3.05) is 47.2 Å². The Labute approximate surface area is 266 Å². The Hall–Kier alpha value is -5.38. The molecule has 1 aliphatic rings. The van der Waals surface area contributed by atoms with Crippen LogP contribution in [0.1, 0.15) is 39.8 Å². The molecule has 46 heavy (non-hydrogen) atoms. The number of carbonyl (C=O) groups excluding carboxylic acids is 4. The summed E-state index contributed by atoms with van der Waals surface area (Å²) in [6.45, 7) is 14.5. The van der Waals surface area contributed by atoms with Gasteiger partial charge in [-0.3, -0.25) is 19.8 Å². The van der Waals surface area contributed by atoms with E-state index in [0.29, 0.717) is 38.7 Å². The number of guanidine groups is 1. The van der Waals surface area contributed by atoms with E-state index in [4.69, 9.17) is 20.8 Å². The number of aromatic amines is 1. The first-order chi connectivity index (χ1) is 21.8. The molecule has 0 bridgehead atoms. The van der Waals surface area contributed by atoms with Crippen LogP contribution >= 0.6 is 0 Å². The molecule has 19 heteroatoms. The topological polar surface area (TPSA) is 212 Å². The lowest BCUT2D eigenvalue weighted by Gasteiger charge is -2.28. The molecule has 1 aliphatic heterocycles. The normalized spacial score (nSPS) is 14.8.